The minimum Gasteiger partial charge on any atom is -0.423 e. The van der Waals surface area contributed by atoms with Crippen LogP contribution in [-0.4, -0.2) is 9.38 Å². The molecule has 0 saturated carbocycles. The molecule has 0 fully saturated rings. The predicted molar refractivity (Wildman–Crippen MR) is 101 cm³/mol. The molecule has 0 saturated heterocycles. The molecule has 2 heterocycles. The molecule has 0 unspecified atom stereocenters. The molecule has 0 atom stereocenters. The van der Waals surface area contributed by atoms with Crippen LogP contribution < -0.4 is 0 Å². The van der Waals surface area contributed by atoms with E-state index >= 15 is 0 Å². The zero-order chi connectivity index (χ0) is 17.5. The predicted octanol–water partition coefficient (Wildman–Crippen LogP) is 5.81. The van der Waals surface area contributed by atoms with Crippen molar-refractivity contribution in [2.75, 3.05) is 0 Å². The van der Waals surface area contributed by atoms with Crippen LogP contribution in [0.3, 0.4) is 0 Å². The Kier molecular flexibility index (Phi) is 3.18. The van der Waals surface area contributed by atoms with Gasteiger partial charge in [0.25, 0.3) is 0 Å². The number of imidazole rings is 1. The van der Waals surface area contributed by atoms with E-state index in [0.29, 0.717) is 17.1 Å². The Bertz CT molecular complexity index is 1240. The monoisotopic (exact) mass is 339 g/mol. The second kappa shape index (κ2) is 5.67. The Morgan fingerprint density at radius 3 is 2.19 bits per heavy atom. The molecule has 2 aromatic heterocycles. The van der Waals surface area contributed by atoms with Gasteiger partial charge in [0.05, 0.1) is 5.52 Å². The zero-order valence-electron chi connectivity index (χ0n) is 13.7. The van der Waals surface area contributed by atoms with E-state index in [0.717, 1.165) is 22.2 Å². The van der Waals surface area contributed by atoms with Crippen molar-refractivity contribution in [3.63, 3.8) is 0 Å². The highest BCUT2D eigenvalue weighted by molar-refractivity contribution is 5.86. The third-order valence-electron chi connectivity index (χ3n) is 4.47. The van der Waals surface area contributed by atoms with Crippen LogP contribution in [0.25, 0.3) is 39.3 Å². The second-order valence-electron chi connectivity index (χ2n) is 6.01. The molecule has 0 N–H and O–H groups in total. The van der Waals surface area contributed by atoms with Crippen LogP contribution in [0, 0.1) is 4.91 Å². The van der Waals surface area contributed by atoms with Crippen molar-refractivity contribution in [1.82, 2.24) is 9.38 Å². The Morgan fingerprint density at radius 2 is 1.50 bits per heavy atom. The second-order valence-corrected chi connectivity index (χ2v) is 6.01. The zero-order valence-corrected chi connectivity index (χ0v) is 13.7. The van der Waals surface area contributed by atoms with Gasteiger partial charge in [-0.1, -0.05) is 66.7 Å². The van der Waals surface area contributed by atoms with E-state index in [-0.39, 0.29) is 5.82 Å². The van der Waals surface area contributed by atoms with Crippen molar-refractivity contribution in [3.05, 3.63) is 83.8 Å². The summed E-state index contributed by atoms with van der Waals surface area (Å²) in [6.07, 6.45) is 0. The van der Waals surface area contributed by atoms with E-state index in [1.807, 2.05) is 78.9 Å². The summed E-state index contributed by atoms with van der Waals surface area (Å²) in [7, 11) is 0. The molecule has 0 aliphatic rings. The molecule has 0 bridgehead atoms. The number of benzene rings is 3. The van der Waals surface area contributed by atoms with Gasteiger partial charge in [0.2, 0.25) is 5.82 Å². The first-order valence-corrected chi connectivity index (χ1v) is 8.24. The van der Waals surface area contributed by atoms with Crippen LogP contribution in [0.1, 0.15) is 0 Å². The summed E-state index contributed by atoms with van der Waals surface area (Å²) in [6, 6.07) is 25.4. The lowest BCUT2D eigenvalue weighted by Crippen LogP contribution is -1.82. The molecule has 5 rings (SSSR count). The molecule has 0 aliphatic heterocycles. The Balaban J connectivity index is 1.74. The highest BCUT2D eigenvalue weighted by atomic mass is 16.4. The van der Waals surface area contributed by atoms with Gasteiger partial charge < -0.3 is 4.42 Å². The first-order valence-electron chi connectivity index (χ1n) is 8.24. The third-order valence-corrected chi connectivity index (χ3v) is 4.47. The van der Waals surface area contributed by atoms with Crippen molar-refractivity contribution in [3.8, 4) is 22.4 Å². The lowest BCUT2D eigenvalue weighted by molar-refractivity contribution is 0.642. The Morgan fingerprint density at radius 1 is 0.808 bits per heavy atom. The van der Waals surface area contributed by atoms with Crippen LogP contribution >= 0.6 is 0 Å². The van der Waals surface area contributed by atoms with E-state index in [1.165, 1.54) is 0 Å². The summed E-state index contributed by atoms with van der Waals surface area (Å²) >= 11 is 0. The van der Waals surface area contributed by atoms with Crippen molar-refractivity contribution >= 4 is 22.8 Å². The number of nitroso groups, excluding NO2 is 1. The van der Waals surface area contributed by atoms with Crippen molar-refractivity contribution in [1.29, 1.82) is 0 Å². The van der Waals surface area contributed by atoms with E-state index < -0.39 is 0 Å². The first kappa shape index (κ1) is 14.6. The van der Waals surface area contributed by atoms with Gasteiger partial charge in [-0.15, -0.1) is 4.91 Å². The number of hydrogen-bond acceptors (Lipinski definition) is 4. The van der Waals surface area contributed by atoms with Crippen LogP contribution in [0.2, 0.25) is 0 Å². The highest BCUT2D eigenvalue weighted by Gasteiger charge is 2.20. The van der Waals surface area contributed by atoms with Gasteiger partial charge in [-0.05, 0) is 28.4 Å². The minimum atomic E-state index is 0.248. The SMILES string of the molecule is O=Nc1c(-c2ccccc2)nc2oc3cc(-c4ccccc4)ccc3n12. The molecule has 5 heteroatoms. The maximum Gasteiger partial charge on any atom is 0.309 e. The summed E-state index contributed by atoms with van der Waals surface area (Å²) in [6.45, 7) is 0. The van der Waals surface area contributed by atoms with E-state index in [2.05, 4.69) is 10.2 Å². The molecule has 0 aliphatic carbocycles. The topological polar surface area (TPSA) is 59.9 Å². The minimum absolute atomic E-state index is 0.248. The van der Waals surface area contributed by atoms with Gasteiger partial charge in [0, 0.05) is 5.56 Å². The molecular weight excluding hydrogens is 326 g/mol. The molecular formula is C21H13N3O2. The fourth-order valence-corrected chi connectivity index (χ4v) is 3.24. The molecule has 5 aromatic rings. The smallest absolute Gasteiger partial charge is 0.309 e. The first-order chi connectivity index (χ1) is 12.8. The van der Waals surface area contributed by atoms with Gasteiger partial charge in [-0.3, -0.25) is 0 Å². The maximum absolute atomic E-state index is 11.6. The lowest BCUT2D eigenvalue weighted by atomic mass is 10.1. The Hall–Kier alpha value is -3.73. The molecule has 124 valence electrons. The standard InChI is InChI=1S/C21H13N3O2/c25-23-20-19(15-9-5-2-6-10-15)22-21-24(20)17-12-11-16(13-18(17)26-21)14-7-3-1-4-8-14/h1-13H. The van der Waals surface area contributed by atoms with Gasteiger partial charge in [0.1, 0.15) is 5.69 Å². The Labute approximate surface area is 148 Å². The normalized spacial score (nSPS) is 11.2. The number of hydrogen-bond donors (Lipinski definition) is 0. The van der Waals surface area contributed by atoms with Crippen LogP contribution in [-0.2, 0) is 0 Å². The molecule has 26 heavy (non-hydrogen) atoms. The third kappa shape index (κ3) is 2.14. The molecule has 3 aromatic carbocycles. The largest absolute Gasteiger partial charge is 0.423 e. The van der Waals surface area contributed by atoms with Crippen LogP contribution in [0.4, 0.5) is 5.82 Å². The number of rotatable bonds is 3. The quantitative estimate of drug-likeness (QED) is 0.390. The van der Waals surface area contributed by atoms with E-state index in [1.54, 1.807) is 4.40 Å². The van der Waals surface area contributed by atoms with Crippen molar-refractivity contribution in [2.24, 2.45) is 5.18 Å². The molecule has 0 amide bonds. The van der Waals surface area contributed by atoms with Gasteiger partial charge in [0.15, 0.2) is 5.58 Å². The number of aromatic nitrogens is 2. The summed E-state index contributed by atoms with van der Waals surface area (Å²) in [5, 5.41) is 3.23. The lowest BCUT2D eigenvalue weighted by Gasteiger charge is -2.01. The van der Waals surface area contributed by atoms with Crippen molar-refractivity contribution in [2.45, 2.75) is 0 Å². The van der Waals surface area contributed by atoms with Crippen LogP contribution in [0.5, 0.6) is 0 Å². The molecule has 5 nitrogen and oxygen atoms in total. The summed E-state index contributed by atoms with van der Waals surface area (Å²) in [4.78, 5) is 16.0. The number of fused-ring (bicyclic) bond motifs is 3. The summed E-state index contributed by atoms with van der Waals surface area (Å²) < 4.78 is 7.58. The van der Waals surface area contributed by atoms with Gasteiger partial charge >= 0.3 is 5.84 Å². The van der Waals surface area contributed by atoms with Crippen molar-refractivity contribution < 1.29 is 4.42 Å². The van der Waals surface area contributed by atoms with Gasteiger partial charge in [-0.2, -0.15) is 4.98 Å². The number of nitrogens with zero attached hydrogens (tertiary/aromatic N) is 3. The highest BCUT2D eigenvalue weighted by Crippen LogP contribution is 2.36. The average Bonchev–Trinajstić information content (AvgIpc) is 3.24. The fraction of sp³-hybridized carbons (Fsp3) is 0. The fourth-order valence-electron chi connectivity index (χ4n) is 3.24. The summed E-state index contributed by atoms with van der Waals surface area (Å²) in [5.74, 6) is 0.607. The van der Waals surface area contributed by atoms with Crippen LogP contribution in [0.15, 0.2) is 88.5 Å². The van der Waals surface area contributed by atoms with Gasteiger partial charge in [-0.25, -0.2) is 4.40 Å². The maximum atomic E-state index is 11.6. The molecule has 0 spiro atoms. The average molecular weight is 339 g/mol. The van der Waals surface area contributed by atoms with E-state index in [9.17, 15) is 4.91 Å². The van der Waals surface area contributed by atoms with E-state index in [4.69, 9.17) is 4.42 Å². The number of oxazole rings is 1. The summed E-state index contributed by atoms with van der Waals surface area (Å²) in [5.41, 5.74) is 4.92. The molecule has 0 radical (unpaired) electrons.